The van der Waals surface area contributed by atoms with Gasteiger partial charge in [0.05, 0.1) is 11.2 Å². The van der Waals surface area contributed by atoms with Gasteiger partial charge in [-0.2, -0.15) is 0 Å². The molecule has 206 valence electrons. The van der Waals surface area contributed by atoms with E-state index in [4.69, 9.17) is 14.0 Å². The van der Waals surface area contributed by atoms with Gasteiger partial charge in [0.25, 0.3) is 0 Å². The minimum Gasteiger partial charge on any atom is -0.444 e. The third-order valence-electron chi connectivity index (χ3n) is 7.20. The second-order valence-corrected chi connectivity index (χ2v) is 12.4. The summed E-state index contributed by atoms with van der Waals surface area (Å²) >= 11 is 0. The van der Waals surface area contributed by atoms with Gasteiger partial charge in [-0.3, -0.25) is 4.79 Å². The van der Waals surface area contributed by atoms with Crippen LogP contribution in [0, 0.1) is 5.92 Å². The largest absolute Gasteiger partial charge is 0.498 e. The van der Waals surface area contributed by atoms with Crippen molar-refractivity contribution in [2.24, 2.45) is 5.92 Å². The van der Waals surface area contributed by atoms with Crippen molar-refractivity contribution in [2.75, 3.05) is 18.0 Å². The van der Waals surface area contributed by atoms with Gasteiger partial charge in [-0.15, -0.1) is 0 Å². The topological polar surface area (TPSA) is 115 Å². The Hall–Kier alpha value is -2.40. The third-order valence-corrected chi connectivity index (χ3v) is 7.20. The van der Waals surface area contributed by atoms with Gasteiger partial charge in [-0.1, -0.05) is 13.8 Å². The van der Waals surface area contributed by atoms with Crippen LogP contribution >= 0.6 is 0 Å². The number of piperidine rings is 1. The molecule has 11 heteroatoms. The number of hydrogen-bond acceptors (Lipinski definition) is 8. The molecule has 0 spiro atoms. The smallest absolute Gasteiger partial charge is 0.444 e. The van der Waals surface area contributed by atoms with Crippen LogP contribution in [0.1, 0.15) is 81.6 Å². The summed E-state index contributed by atoms with van der Waals surface area (Å²) in [5.74, 6) is 0.288. The number of carbonyl (C=O) groups excluding carboxylic acids is 2. The number of aromatic nitrogens is 2. The molecule has 2 saturated heterocycles. The summed E-state index contributed by atoms with van der Waals surface area (Å²) in [6, 6.07) is -0.642. The van der Waals surface area contributed by atoms with E-state index in [2.05, 4.69) is 25.5 Å². The van der Waals surface area contributed by atoms with Crippen molar-refractivity contribution in [1.82, 2.24) is 20.6 Å². The van der Waals surface area contributed by atoms with Crippen LogP contribution in [0.3, 0.4) is 0 Å². The molecule has 2 fully saturated rings. The summed E-state index contributed by atoms with van der Waals surface area (Å²) in [4.78, 5) is 36.7. The fourth-order valence-corrected chi connectivity index (χ4v) is 4.35. The minimum atomic E-state index is -0.692. The molecule has 2 amide bonds. The molecule has 10 nitrogen and oxygen atoms in total. The molecular weight excluding hydrogens is 473 g/mol. The Morgan fingerprint density at radius 3 is 2.27 bits per heavy atom. The van der Waals surface area contributed by atoms with Crippen molar-refractivity contribution in [1.29, 1.82) is 0 Å². The maximum Gasteiger partial charge on any atom is 0.498 e. The molecule has 2 aliphatic heterocycles. The van der Waals surface area contributed by atoms with Crippen LogP contribution in [-0.2, 0) is 18.8 Å². The zero-order chi connectivity index (χ0) is 27.6. The van der Waals surface area contributed by atoms with E-state index in [9.17, 15) is 9.59 Å². The number of rotatable bonds is 7. The van der Waals surface area contributed by atoms with E-state index >= 15 is 0 Å². The SMILES string of the molecule is CC(C)[C@@H](NC(=O)OC(C)(C)C)C(=O)NC[C@H]1CCCCN1c1ncc(B2OC(C)(C)C(C)(C)O2)cn1. The number of alkyl carbamates (subject to hydrolysis) is 1. The Morgan fingerprint density at radius 2 is 1.73 bits per heavy atom. The summed E-state index contributed by atoms with van der Waals surface area (Å²) in [5.41, 5.74) is -0.725. The van der Waals surface area contributed by atoms with Gasteiger partial charge >= 0.3 is 13.2 Å². The highest BCUT2D eigenvalue weighted by Gasteiger charge is 2.52. The van der Waals surface area contributed by atoms with E-state index in [1.807, 2.05) is 41.5 Å². The predicted molar refractivity (Wildman–Crippen MR) is 144 cm³/mol. The van der Waals surface area contributed by atoms with Crippen molar-refractivity contribution < 1.29 is 23.6 Å². The van der Waals surface area contributed by atoms with E-state index in [-0.39, 0.29) is 17.9 Å². The molecule has 3 rings (SSSR count). The van der Waals surface area contributed by atoms with E-state index in [0.29, 0.717) is 12.5 Å². The zero-order valence-electron chi connectivity index (χ0n) is 23.9. The monoisotopic (exact) mass is 517 g/mol. The number of ether oxygens (including phenoxy) is 1. The lowest BCUT2D eigenvalue weighted by Gasteiger charge is -2.36. The molecule has 0 radical (unpaired) electrons. The zero-order valence-corrected chi connectivity index (χ0v) is 23.9. The highest BCUT2D eigenvalue weighted by Crippen LogP contribution is 2.36. The molecule has 0 unspecified atom stereocenters. The summed E-state index contributed by atoms with van der Waals surface area (Å²) < 4.78 is 17.6. The van der Waals surface area contributed by atoms with Crippen LogP contribution < -0.4 is 21.0 Å². The fraction of sp³-hybridized carbons (Fsp3) is 0.769. The Bertz CT molecular complexity index is 932. The molecule has 1 aromatic heterocycles. The van der Waals surface area contributed by atoms with Crippen LogP contribution in [0.2, 0.25) is 0 Å². The molecular formula is C26H44BN5O5. The normalized spacial score (nSPS) is 22.1. The first-order chi connectivity index (χ1) is 17.1. The molecule has 2 aliphatic rings. The summed E-state index contributed by atoms with van der Waals surface area (Å²) in [6.07, 6.45) is 5.92. The van der Waals surface area contributed by atoms with Crippen molar-refractivity contribution >= 4 is 30.5 Å². The summed E-state index contributed by atoms with van der Waals surface area (Å²) in [5, 5.41) is 5.74. The van der Waals surface area contributed by atoms with E-state index in [0.717, 1.165) is 31.3 Å². The molecule has 37 heavy (non-hydrogen) atoms. The van der Waals surface area contributed by atoms with Crippen molar-refractivity contribution in [3.8, 4) is 0 Å². The van der Waals surface area contributed by atoms with Gasteiger partial charge in [0.15, 0.2) is 0 Å². The fourth-order valence-electron chi connectivity index (χ4n) is 4.35. The lowest BCUT2D eigenvalue weighted by Crippen LogP contribution is -2.54. The maximum atomic E-state index is 13.0. The molecule has 0 bridgehead atoms. The van der Waals surface area contributed by atoms with Crippen LogP contribution in [0.15, 0.2) is 12.4 Å². The first kappa shape index (κ1) is 29.2. The second kappa shape index (κ2) is 11.1. The molecule has 0 aliphatic carbocycles. The Labute approximate surface area is 221 Å². The van der Waals surface area contributed by atoms with Crippen LogP contribution in [0.4, 0.5) is 10.7 Å². The lowest BCUT2D eigenvalue weighted by atomic mass is 9.81. The number of nitrogens with zero attached hydrogens (tertiary/aromatic N) is 3. The lowest BCUT2D eigenvalue weighted by molar-refractivity contribution is -0.124. The van der Waals surface area contributed by atoms with Crippen molar-refractivity contribution in [3.63, 3.8) is 0 Å². The first-order valence-corrected chi connectivity index (χ1v) is 13.3. The van der Waals surface area contributed by atoms with E-state index in [1.54, 1.807) is 33.2 Å². The molecule has 2 atom stereocenters. The van der Waals surface area contributed by atoms with E-state index < -0.39 is 36.1 Å². The maximum absolute atomic E-state index is 13.0. The standard InChI is InChI=1S/C26H44BN5O5/c1-17(2)20(31-23(34)35-24(3,4)5)21(33)28-16-19-12-10-11-13-32(19)22-29-14-18(15-30-22)27-36-25(6,7)26(8,9)37-27/h14-15,17,19-20H,10-13,16H2,1-9H3,(H,28,33)(H,31,34)/t19-,20-/m1/s1. The number of anilines is 1. The number of carbonyl (C=O) groups is 2. The van der Waals surface area contributed by atoms with Gasteiger partial charge in [0, 0.05) is 37.0 Å². The van der Waals surface area contributed by atoms with Crippen molar-refractivity contribution in [2.45, 2.75) is 110 Å². The van der Waals surface area contributed by atoms with Gasteiger partial charge in [-0.05, 0) is 73.6 Å². The number of hydrogen-bond donors (Lipinski definition) is 2. The van der Waals surface area contributed by atoms with Gasteiger partial charge in [0.2, 0.25) is 11.9 Å². The minimum absolute atomic E-state index is 0.0507. The average Bonchev–Trinajstić information content (AvgIpc) is 3.01. The van der Waals surface area contributed by atoms with Gasteiger partial charge < -0.3 is 29.6 Å². The predicted octanol–water partition coefficient (Wildman–Crippen LogP) is 2.80. The van der Waals surface area contributed by atoms with Crippen molar-refractivity contribution in [3.05, 3.63) is 12.4 Å². The molecule has 2 N–H and O–H groups in total. The number of amides is 2. The summed E-state index contributed by atoms with van der Waals surface area (Å²) in [7, 11) is -0.513. The Morgan fingerprint density at radius 1 is 1.14 bits per heavy atom. The third kappa shape index (κ3) is 7.34. The average molecular weight is 517 g/mol. The molecule has 1 aromatic rings. The first-order valence-electron chi connectivity index (χ1n) is 13.3. The molecule has 3 heterocycles. The quantitative estimate of drug-likeness (QED) is 0.531. The van der Waals surface area contributed by atoms with Crippen LogP contribution in [-0.4, -0.2) is 71.1 Å². The highest BCUT2D eigenvalue weighted by atomic mass is 16.7. The van der Waals surface area contributed by atoms with Crippen LogP contribution in [0.5, 0.6) is 0 Å². The Kier molecular flexibility index (Phi) is 8.79. The highest BCUT2D eigenvalue weighted by molar-refractivity contribution is 6.61. The Balaban J connectivity index is 1.63. The number of nitrogens with one attached hydrogen (secondary N) is 2. The van der Waals surface area contributed by atoms with E-state index in [1.165, 1.54) is 0 Å². The van der Waals surface area contributed by atoms with Gasteiger partial charge in [-0.25, -0.2) is 14.8 Å². The molecule has 0 aromatic carbocycles. The summed E-state index contributed by atoms with van der Waals surface area (Å²) in [6.45, 7) is 18.5. The van der Waals surface area contributed by atoms with Gasteiger partial charge in [0.1, 0.15) is 11.6 Å². The second-order valence-electron chi connectivity index (χ2n) is 12.4. The van der Waals surface area contributed by atoms with Crippen LogP contribution in [0.25, 0.3) is 0 Å². The molecule has 0 saturated carbocycles.